The number of rotatable bonds is 4. The quantitative estimate of drug-likeness (QED) is 0.560. The maximum atomic E-state index is 13.2. The molecule has 0 bridgehead atoms. The van der Waals surface area contributed by atoms with Crippen LogP contribution in [0.25, 0.3) is 21.8 Å². The molecule has 0 saturated carbocycles. The lowest BCUT2D eigenvalue weighted by Crippen LogP contribution is -2.33. The molecule has 1 aliphatic rings. The summed E-state index contributed by atoms with van der Waals surface area (Å²) >= 11 is 0. The van der Waals surface area contributed by atoms with Gasteiger partial charge in [0.05, 0.1) is 41.8 Å². The van der Waals surface area contributed by atoms with Crippen molar-refractivity contribution >= 4 is 27.6 Å². The molecule has 1 saturated heterocycles. The molecule has 8 nitrogen and oxygen atoms in total. The average Bonchev–Trinajstić information content (AvgIpc) is 3.24. The predicted octanol–water partition coefficient (Wildman–Crippen LogP) is 2.38. The molecular formula is C22H22N6O2. The number of pyridine rings is 1. The summed E-state index contributed by atoms with van der Waals surface area (Å²) in [5.74, 6) is 2.18. The molecule has 0 aliphatic carbocycles. The van der Waals surface area contributed by atoms with Crippen LogP contribution in [0.2, 0.25) is 0 Å². The SMILES string of the molecule is Cc1nc(N2CCCC2c2nc3ccccc3c(=O)n2CCO)c2ccncc2n1. The summed E-state index contributed by atoms with van der Waals surface area (Å²) in [4.78, 5) is 33.7. The third-order valence-electron chi connectivity index (χ3n) is 5.63. The number of para-hydroxylation sites is 1. The van der Waals surface area contributed by atoms with Crippen LogP contribution in [-0.4, -0.2) is 42.8 Å². The summed E-state index contributed by atoms with van der Waals surface area (Å²) in [7, 11) is 0. The molecule has 1 fully saturated rings. The Hall–Kier alpha value is -3.39. The first kappa shape index (κ1) is 18.6. The van der Waals surface area contributed by atoms with E-state index in [9.17, 15) is 9.90 Å². The number of aliphatic hydroxyl groups excluding tert-OH is 1. The van der Waals surface area contributed by atoms with Gasteiger partial charge in [-0.15, -0.1) is 0 Å². The van der Waals surface area contributed by atoms with E-state index in [2.05, 4.69) is 14.9 Å². The summed E-state index contributed by atoms with van der Waals surface area (Å²) in [6.07, 6.45) is 5.30. The van der Waals surface area contributed by atoms with Gasteiger partial charge in [-0.25, -0.2) is 15.0 Å². The molecule has 1 unspecified atom stereocenters. The van der Waals surface area contributed by atoms with E-state index in [0.717, 1.165) is 36.1 Å². The van der Waals surface area contributed by atoms with Crippen LogP contribution >= 0.6 is 0 Å². The van der Waals surface area contributed by atoms with Crippen LogP contribution < -0.4 is 10.5 Å². The number of anilines is 1. The van der Waals surface area contributed by atoms with Crippen molar-refractivity contribution in [3.05, 3.63) is 64.7 Å². The first-order valence-corrected chi connectivity index (χ1v) is 10.1. The fourth-order valence-corrected chi connectivity index (χ4v) is 4.34. The van der Waals surface area contributed by atoms with Gasteiger partial charge in [-0.2, -0.15) is 0 Å². The van der Waals surface area contributed by atoms with Gasteiger partial charge in [0.2, 0.25) is 0 Å². The zero-order chi connectivity index (χ0) is 20.7. The smallest absolute Gasteiger partial charge is 0.261 e. The third-order valence-corrected chi connectivity index (χ3v) is 5.63. The first-order valence-electron chi connectivity index (χ1n) is 10.1. The van der Waals surface area contributed by atoms with Crippen molar-refractivity contribution in [1.29, 1.82) is 0 Å². The molecule has 30 heavy (non-hydrogen) atoms. The van der Waals surface area contributed by atoms with Crippen LogP contribution in [0.4, 0.5) is 5.82 Å². The molecule has 0 amide bonds. The maximum absolute atomic E-state index is 13.2. The zero-order valence-electron chi connectivity index (χ0n) is 16.7. The minimum atomic E-state index is -0.124. The summed E-state index contributed by atoms with van der Waals surface area (Å²) < 4.78 is 1.61. The van der Waals surface area contributed by atoms with Crippen molar-refractivity contribution in [2.24, 2.45) is 0 Å². The van der Waals surface area contributed by atoms with Crippen LogP contribution in [0.5, 0.6) is 0 Å². The van der Waals surface area contributed by atoms with E-state index < -0.39 is 0 Å². The van der Waals surface area contributed by atoms with Gasteiger partial charge in [0.15, 0.2) is 0 Å². The van der Waals surface area contributed by atoms with E-state index in [0.29, 0.717) is 22.6 Å². The molecule has 0 radical (unpaired) electrons. The van der Waals surface area contributed by atoms with Gasteiger partial charge < -0.3 is 10.0 Å². The van der Waals surface area contributed by atoms with Crippen molar-refractivity contribution in [1.82, 2.24) is 24.5 Å². The average molecular weight is 402 g/mol. The van der Waals surface area contributed by atoms with Crippen molar-refractivity contribution in [3.63, 3.8) is 0 Å². The van der Waals surface area contributed by atoms with Crippen molar-refractivity contribution in [3.8, 4) is 0 Å². The first-order chi connectivity index (χ1) is 14.7. The fourth-order valence-electron chi connectivity index (χ4n) is 4.34. The monoisotopic (exact) mass is 402 g/mol. The number of aryl methyl sites for hydroxylation is 1. The predicted molar refractivity (Wildman–Crippen MR) is 114 cm³/mol. The Morgan fingerprint density at radius 2 is 1.97 bits per heavy atom. The highest BCUT2D eigenvalue weighted by Crippen LogP contribution is 2.37. The summed E-state index contributed by atoms with van der Waals surface area (Å²) in [5, 5.41) is 11.1. The number of aliphatic hydroxyl groups is 1. The fraction of sp³-hybridized carbons (Fsp3) is 0.318. The molecule has 8 heteroatoms. The van der Waals surface area contributed by atoms with Gasteiger partial charge in [-0.05, 0) is 38.0 Å². The van der Waals surface area contributed by atoms with Crippen LogP contribution in [0.15, 0.2) is 47.5 Å². The molecule has 1 N–H and O–H groups in total. The van der Waals surface area contributed by atoms with E-state index >= 15 is 0 Å². The highest BCUT2D eigenvalue weighted by molar-refractivity contribution is 5.89. The molecule has 0 spiro atoms. The number of benzene rings is 1. The Morgan fingerprint density at radius 1 is 1.10 bits per heavy atom. The van der Waals surface area contributed by atoms with Crippen LogP contribution in [-0.2, 0) is 6.54 Å². The largest absolute Gasteiger partial charge is 0.395 e. The van der Waals surface area contributed by atoms with E-state index in [1.54, 1.807) is 23.0 Å². The van der Waals surface area contributed by atoms with E-state index in [1.807, 2.05) is 31.2 Å². The van der Waals surface area contributed by atoms with Gasteiger partial charge in [0.1, 0.15) is 17.5 Å². The number of fused-ring (bicyclic) bond motifs is 2. The van der Waals surface area contributed by atoms with Gasteiger partial charge in [0, 0.05) is 18.1 Å². The molecule has 3 aromatic heterocycles. The second-order valence-electron chi connectivity index (χ2n) is 7.51. The Morgan fingerprint density at radius 3 is 2.83 bits per heavy atom. The lowest BCUT2D eigenvalue weighted by Gasteiger charge is -2.28. The lowest BCUT2D eigenvalue weighted by atomic mass is 10.1. The number of nitrogens with zero attached hydrogens (tertiary/aromatic N) is 6. The lowest BCUT2D eigenvalue weighted by molar-refractivity contribution is 0.270. The van der Waals surface area contributed by atoms with Gasteiger partial charge in [-0.3, -0.25) is 14.3 Å². The van der Waals surface area contributed by atoms with E-state index in [4.69, 9.17) is 9.97 Å². The van der Waals surface area contributed by atoms with Crippen LogP contribution in [0.1, 0.15) is 30.5 Å². The molecule has 1 atom stereocenters. The van der Waals surface area contributed by atoms with Crippen LogP contribution in [0, 0.1) is 6.92 Å². The summed E-state index contributed by atoms with van der Waals surface area (Å²) in [6.45, 7) is 2.77. The second-order valence-corrected chi connectivity index (χ2v) is 7.51. The summed E-state index contributed by atoms with van der Waals surface area (Å²) in [5.41, 5.74) is 1.35. The topological polar surface area (TPSA) is 97.0 Å². The number of hydrogen-bond donors (Lipinski definition) is 1. The molecule has 4 aromatic rings. The molecule has 152 valence electrons. The maximum Gasteiger partial charge on any atom is 0.261 e. The minimum absolute atomic E-state index is 0.112. The molecule has 1 aromatic carbocycles. The van der Waals surface area contributed by atoms with E-state index in [1.165, 1.54) is 0 Å². The van der Waals surface area contributed by atoms with Crippen molar-refractivity contribution < 1.29 is 5.11 Å². The molecular weight excluding hydrogens is 380 g/mol. The van der Waals surface area contributed by atoms with Gasteiger partial charge in [0.25, 0.3) is 5.56 Å². The Bertz CT molecular complexity index is 1300. The molecule has 1 aliphatic heterocycles. The molecule has 4 heterocycles. The normalized spacial score (nSPS) is 16.6. The van der Waals surface area contributed by atoms with Crippen LogP contribution in [0.3, 0.4) is 0 Å². The van der Waals surface area contributed by atoms with E-state index in [-0.39, 0.29) is 24.8 Å². The van der Waals surface area contributed by atoms with Crippen molar-refractivity contribution in [2.75, 3.05) is 18.1 Å². The standard InChI is InChI=1S/C22H22N6O2/c1-14-24-18-13-23-9-8-15(18)20(25-14)27-10-4-7-19(27)21-26-17-6-3-2-5-16(17)22(30)28(21)11-12-29/h2-3,5-6,8-9,13,19,29H,4,7,10-12H2,1H3. The number of aromatic nitrogens is 5. The Balaban J connectivity index is 1.71. The number of hydrogen-bond acceptors (Lipinski definition) is 7. The highest BCUT2D eigenvalue weighted by atomic mass is 16.3. The summed E-state index contributed by atoms with van der Waals surface area (Å²) in [6, 6.07) is 9.17. The Labute approximate surface area is 172 Å². The van der Waals surface area contributed by atoms with Gasteiger partial charge >= 0.3 is 0 Å². The second kappa shape index (κ2) is 7.46. The Kier molecular flexibility index (Phi) is 4.63. The van der Waals surface area contributed by atoms with Gasteiger partial charge in [-0.1, -0.05) is 12.1 Å². The molecule has 5 rings (SSSR count). The van der Waals surface area contributed by atoms with Crippen molar-refractivity contribution in [2.45, 2.75) is 32.4 Å². The third kappa shape index (κ3) is 3.00. The zero-order valence-corrected chi connectivity index (χ0v) is 16.7. The minimum Gasteiger partial charge on any atom is -0.395 e. The highest BCUT2D eigenvalue weighted by Gasteiger charge is 2.32.